The molecule has 0 saturated heterocycles. The minimum absolute atomic E-state index is 0.0345. The molecule has 0 spiro atoms. The lowest BCUT2D eigenvalue weighted by Crippen LogP contribution is -2.31. The van der Waals surface area contributed by atoms with E-state index in [2.05, 4.69) is 15.4 Å². The molecule has 1 amide bonds. The number of H-pyrrole nitrogens is 1. The van der Waals surface area contributed by atoms with Crippen molar-refractivity contribution in [2.75, 3.05) is 18.0 Å². The molecule has 0 aliphatic carbocycles. The van der Waals surface area contributed by atoms with Crippen molar-refractivity contribution in [3.63, 3.8) is 0 Å². The molecule has 0 saturated carbocycles. The summed E-state index contributed by atoms with van der Waals surface area (Å²) in [5.41, 5.74) is 1.04. The van der Waals surface area contributed by atoms with Gasteiger partial charge in [0.2, 0.25) is 5.43 Å². The molecule has 4 N–H and O–H groups in total. The summed E-state index contributed by atoms with van der Waals surface area (Å²) in [6, 6.07) is 20.3. The molecule has 39 heavy (non-hydrogen) atoms. The van der Waals surface area contributed by atoms with Crippen molar-refractivity contribution in [2.45, 2.75) is 18.4 Å². The van der Waals surface area contributed by atoms with Crippen LogP contribution in [0.25, 0.3) is 10.9 Å². The van der Waals surface area contributed by atoms with Crippen LogP contribution in [0.1, 0.15) is 22.8 Å². The number of nitrogens with two attached hydrogens (primary N) is 1. The van der Waals surface area contributed by atoms with Crippen molar-refractivity contribution in [1.29, 1.82) is 0 Å². The topological polar surface area (TPSA) is 169 Å². The van der Waals surface area contributed by atoms with Gasteiger partial charge in [-0.15, -0.1) is 0 Å². The summed E-state index contributed by atoms with van der Waals surface area (Å²) < 4.78 is 50.9. The lowest BCUT2D eigenvalue weighted by Gasteiger charge is -2.23. The van der Waals surface area contributed by atoms with Gasteiger partial charge in [0.1, 0.15) is 11.3 Å². The average molecular weight is 573 g/mol. The van der Waals surface area contributed by atoms with E-state index in [0.29, 0.717) is 17.0 Å². The Hall–Kier alpha value is -4.20. The first-order chi connectivity index (χ1) is 18.6. The van der Waals surface area contributed by atoms with E-state index in [1.807, 2.05) is 18.2 Å². The highest BCUT2D eigenvalue weighted by atomic mass is 32.2. The number of carbonyl (C=O) groups is 1. The van der Waals surface area contributed by atoms with Crippen LogP contribution in [0.5, 0.6) is 5.75 Å². The number of anilines is 1. The Balaban J connectivity index is 0.000000983. The van der Waals surface area contributed by atoms with Gasteiger partial charge in [0.15, 0.2) is 10.9 Å². The van der Waals surface area contributed by atoms with Crippen LogP contribution in [0.15, 0.2) is 88.7 Å². The quantitative estimate of drug-likeness (QED) is 0.235. The van der Waals surface area contributed by atoms with Gasteiger partial charge in [0.25, 0.3) is 15.9 Å². The van der Waals surface area contributed by atoms with Gasteiger partial charge < -0.3 is 15.0 Å². The molecule has 0 bridgehead atoms. The van der Waals surface area contributed by atoms with Gasteiger partial charge in [0, 0.05) is 35.8 Å². The zero-order valence-electron chi connectivity index (χ0n) is 21.2. The lowest BCUT2D eigenvalue weighted by molar-refractivity contribution is 0.0949. The molecule has 0 atom stereocenters. The molecule has 1 aromatic heterocycles. The van der Waals surface area contributed by atoms with Crippen molar-refractivity contribution in [2.24, 2.45) is 5.14 Å². The van der Waals surface area contributed by atoms with Gasteiger partial charge in [-0.1, -0.05) is 36.4 Å². The number of ether oxygens (including phenoxy) is 1. The van der Waals surface area contributed by atoms with E-state index in [1.54, 1.807) is 43.3 Å². The summed E-state index contributed by atoms with van der Waals surface area (Å²) in [4.78, 5) is 28.9. The van der Waals surface area contributed by atoms with Crippen LogP contribution >= 0.6 is 0 Å². The fourth-order valence-electron chi connectivity index (χ4n) is 3.86. The summed E-state index contributed by atoms with van der Waals surface area (Å²) >= 11 is 0. The summed E-state index contributed by atoms with van der Waals surface area (Å²) in [6.45, 7) is 2.12. The highest BCUT2D eigenvalue weighted by molar-refractivity contribution is 7.92. The second-order valence-corrected chi connectivity index (χ2v) is 10.5. The number of para-hydroxylation sites is 2. The molecule has 4 aromatic rings. The maximum absolute atomic E-state index is 13.4. The van der Waals surface area contributed by atoms with E-state index in [4.69, 9.17) is 13.2 Å². The number of pyridine rings is 1. The smallest absolute Gasteiger partial charge is 0.264 e. The number of aromatic amines is 1. The van der Waals surface area contributed by atoms with Gasteiger partial charge in [-0.3, -0.25) is 13.9 Å². The van der Waals surface area contributed by atoms with Crippen molar-refractivity contribution in [3.8, 4) is 5.75 Å². The zero-order valence-corrected chi connectivity index (χ0v) is 22.9. The first kappa shape index (κ1) is 29.4. The first-order valence-corrected chi connectivity index (χ1v) is 14.3. The van der Waals surface area contributed by atoms with Crippen LogP contribution in [0.3, 0.4) is 0 Å². The standard InChI is InChI=1S/C26H25N3O5S.H3NO2S/c1-3-29(19-10-5-4-6-11-19)35(32,33)20-13-14-23-21(15-20)25(30)22(17-27-23)26(31)28-16-18-9-7-8-12-24(18)34-2;1-4(2)3/h4-15,17H,3,16H2,1-2H3,(H,27,30)(H,28,31);4H,(H2,1,2,3). The van der Waals surface area contributed by atoms with E-state index >= 15 is 0 Å². The van der Waals surface area contributed by atoms with E-state index in [9.17, 15) is 18.0 Å². The van der Waals surface area contributed by atoms with Crippen LogP contribution in [0.2, 0.25) is 0 Å². The van der Waals surface area contributed by atoms with Crippen LogP contribution < -0.4 is 24.9 Å². The second-order valence-electron chi connectivity index (χ2n) is 8.02. The highest BCUT2D eigenvalue weighted by Crippen LogP contribution is 2.25. The molecule has 0 fully saturated rings. The number of rotatable bonds is 8. The fraction of sp³-hybridized carbons (Fsp3) is 0.154. The summed E-state index contributed by atoms with van der Waals surface area (Å²) in [6.07, 6.45) is 1.33. The molecular formula is C26H28N4O7S2. The molecule has 4 rings (SSSR count). The van der Waals surface area contributed by atoms with Gasteiger partial charge in [-0.2, -0.15) is 0 Å². The van der Waals surface area contributed by atoms with Gasteiger partial charge in [0.05, 0.1) is 17.7 Å². The maximum Gasteiger partial charge on any atom is 0.264 e. The van der Waals surface area contributed by atoms with E-state index < -0.39 is 32.2 Å². The van der Waals surface area contributed by atoms with E-state index in [0.717, 1.165) is 5.56 Å². The summed E-state index contributed by atoms with van der Waals surface area (Å²) in [7, 11) is -5.01. The van der Waals surface area contributed by atoms with Crippen LogP contribution in [-0.4, -0.2) is 41.4 Å². The Bertz CT molecular complexity index is 1690. The Morgan fingerprint density at radius 2 is 1.69 bits per heavy atom. The summed E-state index contributed by atoms with van der Waals surface area (Å²) in [5.74, 6) is 0.0424. The number of nitrogens with one attached hydrogen (secondary N) is 2. The third-order valence-electron chi connectivity index (χ3n) is 5.65. The summed E-state index contributed by atoms with van der Waals surface area (Å²) in [5, 5.41) is 6.90. The second kappa shape index (κ2) is 13.0. The number of thiol groups is 1. The number of methoxy groups -OCH3 is 1. The van der Waals surface area contributed by atoms with E-state index in [-0.39, 0.29) is 28.9 Å². The SMILES string of the molecule is CCN(c1ccccc1)S(=O)(=O)c1ccc2[nH]cc(C(=O)NCc3ccccc3OC)c(=O)c2c1.N[SH](=O)=O. The van der Waals surface area contributed by atoms with Crippen molar-refractivity contribution in [1.82, 2.24) is 10.3 Å². The Morgan fingerprint density at radius 3 is 2.33 bits per heavy atom. The number of amides is 1. The number of nitrogens with zero attached hydrogens (tertiary/aromatic N) is 1. The van der Waals surface area contributed by atoms with Crippen molar-refractivity contribution < 1.29 is 26.4 Å². The minimum Gasteiger partial charge on any atom is -0.496 e. The molecule has 11 nitrogen and oxygen atoms in total. The van der Waals surface area contributed by atoms with Gasteiger partial charge in [-0.05, 0) is 43.3 Å². The number of benzene rings is 3. The number of carbonyl (C=O) groups excluding carboxylic acids is 1. The van der Waals surface area contributed by atoms with Gasteiger partial charge >= 0.3 is 0 Å². The molecule has 0 radical (unpaired) electrons. The third-order valence-corrected chi connectivity index (χ3v) is 7.55. The minimum atomic E-state index is -3.93. The molecule has 3 aromatic carbocycles. The number of hydrogen-bond acceptors (Lipinski definition) is 7. The normalized spacial score (nSPS) is 11.0. The van der Waals surface area contributed by atoms with Crippen molar-refractivity contribution in [3.05, 3.63) is 100 Å². The van der Waals surface area contributed by atoms with Crippen LogP contribution in [0.4, 0.5) is 5.69 Å². The molecule has 206 valence electrons. The Kier molecular flexibility index (Phi) is 9.82. The maximum atomic E-state index is 13.4. The molecule has 0 unspecified atom stereocenters. The number of sulfonamides is 1. The molecule has 0 aliphatic rings. The highest BCUT2D eigenvalue weighted by Gasteiger charge is 2.24. The van der Waals surface area contributed by atoms with Crippen molar-refractivity contribution >= 4 is 43.4 Å². The zero-order chi connectivity index (χ0) is 28.6. The predicted octanol–water partition coefficient (Wildman–Crippen LogP) is 2.15. The predicted molar refractivity (Wildman–Crippen MR) is 150 cm³/mol. The number of hydrogen-bond donors (Lipinski definition) is 4. The molecular weight excluding hydrogens is 544 g/mol. The van der Waals surface area contributed by atoms with Gasteiger partial charge in [-0.25, -0.2) is 22.0 Å². The Morgan fingerprint density at radius 1 is 1.05 bits per heavy atom. The number of aromatic nitrogens is 1. The fourth-order valence-corrected chi connectivity index (χ4v) is 5.36. The average Bonchev–Trinajstić information content (AvgIpc) is 2.92. The largest absolute Gasteiger partial charge is 0.496 e. The number of fused-ring (bicyclic) bond motifs is 1. The van der Waals surface area contributed by atoms with Crippen LogP contribution in [0, 0.1) is 0 Å². The molecule has 13 heteroatoms. The Labute approximate surface area is 227 Å². The molecule has 0 aliphatic heterocycles. The lowest BCUT2D eigenvalue weighted by atomic mass is 10.1. The monoisotopic (exact) mass is 572 g/mol. The third kappa shape index (κ3) is 7.02. The van der Waals surface area contributed by atoms with E-state index in [1.165, 1.54) is 35.8 Å². The first-order valence-electron chi connectivity index (χ1n) is 11.6. The molecule has 1 heterocycles. The van der Waals surface area contributed by atoms with Crippen LogP contribution in [-0.2, 0) is 27.5 Å².